The van der Waals surface area contributed by atoms with Gasteiger partial charge in [-0.2, -0.15) is 0 Å². The molecule has 1 heterocycles. The SMILES string of the molecule is O=C(/C=C/c1ccc(Cl)cc1)NC(=S)Nc1ccc(NC(=O)c2ccco2)cc1. The number of amides is 2. The summed E-state index contributed by atoms with van der Waals surface area (Å²) >= 11 is 11.0. The molecular weight excluding hydrogens is 410 g/mol. The highest BCUT2D eigenvalue weighted by atomic mass is 35.5. The van der Waals surface area contributed by atoms with Crippen molar-refractivity contribution in [1.82, 2.24) is 5.32 Å². The lowest BCUT2D eigenvalue weighted by atomic mass is 10.2. The Morgan fingerprint density at radius 2 is 1.59 bits per heavy atom. The van der Waals surface area contributed by atoms with Gasteiger partial charge in [0.25, 0.3) is 5.91 Å². The second-order valence-corrected chi connectivity index (χ2v) is 6.68. The van der Waals surface area contributed by atoms with Gasteiger partial charge in [0, 0.05) is 22.5 Å². The Kier molecular flexibility index (Phi) is 6.78. The van der Waals surface area contributed by atoms with Crippen molar-refractivity contribution in [2.75, 3.05) is 10.6 Å². The maximum Gasteiger partial charge on any atom is 0.291 e. The molecule has 29 heavy (non-hydrogen) atoms. The predicted octanol–water partition coefficient (Wildman–Crippen LogP) is 4.71. The van der Waals surface area contributed by atoms with Crippen LogP contribution in [0.3, 0.4) is 0 Å². The van der Waals surface area contributed by atoms with Crippen molar-refractivity contribution in [3.63, 3.8) is 0 Å². The Bertz CT molecular complexity index is 1030. The van der Waals surface area contributed by atoms with Crippen LogP contribution >= 0.6 is 23.8 Å². The number of hydrogen-bond acceptors (Lipinski definition) is 4. The standard InChI is InChI=1S/C21H16ClN3O3S/c22-15-6-3-14(4-7-15)5-12-19(26)25-21(29)24-17-10-8-16(9-11-17)23-20(27)18-2-1-13-28-18/h1-13H,(H,23,27)(H2,24,25,26,29)/b12-5+. The Hall–Kier alpha value is -3.42. The van der Waals surface area contributed by atoms with Gasteiger partial charge in [0.2, 0.25) is 5.91 Å². The molecule has 0 atom stereocenters. The molecule has 0 saturated carbocycles. The number of carbonyl (C=O) groups is 2. The summed E-state index contributed by atoms with van der Waals surface area (Å²) in [5, 5.41) is 8.96. The summed E-state index contributed by atoms with van der Waals surface area (Å²) in [4.78, 5) is 23.9. The Morgan fingerprint density at radius 1 is 0.931 bits per heavy atom. The quantitative estimate of drug-likeness (QED) is 0.407. The van der Waals surface area contributed by atoms with E-state index in [1.165, 1.54) is 12.3 Å². The fraction of sp³-hybridized carbons (Fsp3) is 0. The number of carbonyl (C=O) groups excluding carboxylic acids is 2. The third-order valence-corrected chi connectivity index (χ3v) is 4.14. The lowest BCUT2D eigenvalue weighted by Crippen LogP contribution is -2.32. The van der Waals surface area contributed by atoms with E-state index in [1.54, 1.807) is 66.7 Å². The number of furan rings is 1. The molecule has 0 fully saturated rings. The molecule has 3 aromatic rings. The van der Waals surface area contributed by atoms with Crippen LogP contribution in [0.25, 0.3) is 6.08 Å². The lowest BCUT2D eigenvalue weighted by Gasteiger charge is -2.09. The van der Waals surface area contributed by atoms with Gasteiger partial charge in [0.15, 0.2) is 10.9 Å². The molecule has 0 aliphatic carbocycles. The molecule has 0 aliphatic heterocycles. The second kappa shape index (κ2) is 9.68. The normalized spacial score (nSPS) is 10.5. The smallest absolute Gasteiger partial charge is 0.291 e. The van der Waals surface area contributed by atoms with Crippen molar-refractivity contribution in [3.05, 3.63) is 89.3 Å². The van der Waals surface area contributed by atoms with Gasteiger partial charge in [-0.1, -0.05) is 23.7 Å². The summed E-state index contributed by atoms with van der Waals surface area (Å²) in [6, 6.07) is 17.2. The number of thiocarbonyl (C=S) groups is 1. The van der Waals surface area contributed by atoms with Gasteiger partial charge < -0.3 is 15.1 Å². The fourth-order valence-electron chi connectivity index (χ4n) is 2.30. The maximum atomic E-state index is 12.0. The Morgan fingerprint density at radius 3 is 2.21 bits per heavy atom. The third-order valence-electron chi connectivity index (χ3n) is 3.68. The zero-order valence-corrected chi connectivity index (χ0v) is 16.6. The first kappa shape index (κ1) is 20.3. The van der Waals surface area contributed by atoms with Gasteiger partial charge in [-0.15, -0.1) is 0 Å². The first-order chi connectivity index (χ1) is 14.0. The topological polar surface area (TPSA) is 83.4 Å². The summed E-state index contributed by atoms with van der Waals surface area (Å²) in [5.74, 6) is -0.478. The molecule has 0 spiro atoms. The van der Waals surface area contributed by atoms with Gasteiger partial charge >= 0.3 is 0 Å². The molecule has 2 aromatic carbocycles. The van der Waals surface area contributed by atoms with Crippen LogP contribution in [0.2, 0.25) is 5.02 Å². The first-order valence-electron chi connectivity index (χ1n) is 8.50. The molecule has 3 N–H and O–H groups in total. The number of anilines is 2. The molecule has 2 amide bonds. The average Bonchev–Trinajstić information content (AvgIpc) is 3.24. The van der Waals surface area contributed by atoms with Gasteiger partial charge in [-0.3, -0.25) is 14.9 Å². The van der Waals surface area contributed by atoms with Crippen molar-refractivity contribution < 1.29 is 14.0 Å². The van der Waals surface area contributed by atoms with Crippen LogP contribution in [-0.2, 0) is 4.79 Å². The molecule has 0 radical (unpaired) electrons. The van der Waals surface area contributed by atoms with E-state index >= 15 is 0 Å². The highest BCUT2D eigenvalue weighted by Crippen LogP contribution is 2.15. The van der Waals surface area contributed by atoms with Crippen LogP contribution in [0, 0.1) is 0 Å². The van der Waals surface area contributed by atoms with Crippen LogP contribution in [0.5, 0.6) is 0 Å². The number of rotatable bonds is 5. The number of hydrogen-bond donors (Lipinski definition) is 3. The van der Waals surface area contributed by atoms with Crippen molar-refractivity contribution in [2.24, 2.45) is 0 Å². The first-order valence-corrected chi connectivity index (χ1v) is 9.29. The van der Waals surface area contributed by atoms with Crippen molar-refractivity contribution in [3.8, 4) is 0 Å². The number of nitrogens with one attached hydrogen (secondary N) is 3. The molecule has 1 aromatic heterocycles. The Labute approximate surface area is 177 Å². The minimum Gasteiger partial charge on any atom is -0.459 e. The second-order valence-electron chi connectivity index (χ2n) is 5.84. The summed E-state index contributed by atoms with van der Waals surface area (Å²) < 4.78 is 5.04. The van der Waals surface area contributed by atoms with Gasteiger partial charge in [-0.25, -0.2) is 0 Å². The van der Waals surface area contributed by atoms with E-state index in [0.29, 0.717) is 16.4 Å². The summed E-state index contributed by atoms with van der Waals surface area (Å²) in [6.07, 6.45) is 4.47. The molecule has 0 unspecified atom stereocenters. The molecule has 146 valence electrons. The van der Waals surface area contributed by atoms with Crippen molar-refractivity contribution >= 4 is 58.2 Å². The molecule has 0 saturated heterocycles. The zero-order valence-electron chi connectivity index (χ0n) is 15.0. The molecule has 6 nitrogen and oxygen atoms in total. The fourth-order valence-corrected chi connectivity index (χ4v) is 2.64. The van der Waals surface area contributed by atoms with E-state index < -0.39 is 0 Å². The van der Waals surface area contributed by atoms with Crippen LogP contribution in [-0.4, -0.2) is 16.9 Å². The third kappa shape index (κ3) is 6.31. The van der Waals surface area contributed by atoms with E-state index in [2.05, 4.69) is 16.0 Å². The molecule has 8 heteroatoms. The summed E-state index contributed by atoms with van der Waals surface area (Å²) in [7, 11) is 0. The van der Waals surface area contributed by atoms with Crippen molar-refractivity contribution in [2.45, 2.75) is 0 Å². The Balaban J connectivity index is 1.49. The average molecular weight is 426 g/mol. The van der Waals surface area contributed by atoms with Crippen LogP contribution in [0.15, 0.2) is 77.4 Å². The molecule has 0 bridgehead atoms. The largest absolute Gasteiger partial charge is 0.459 e. The van der Waals surface area contributed by atoms with Crippen LogP contribution in [0.1, 0.15) is 16.1 Å². The highest BCUT2D eigenvalue weighted by molar-refractivity contribution is 7.80. The highest BCUT2D eigenvalue weighted by Gasteiger charge is 2.08. The van der Waals surface area contributed by atoms with Gasteiger partial charge in [0.05, 0.1) is 6.26 Å². The van der Waals surface area contributed by atoms with Gasteiger partial charge in [-0.05, 0) is 72.4 Å². The van der Waals surface area contributed by atoms with E-state index in [0.717, 1.165) is 5.56 Å². The summed E-state index contributed by atoms with van der Waals surface area (Å²) in [5.41, 5.74) is 2.10. The zero-order chi connectivity index (χ0) is 20.6. The molecule has 0 aliphatic rings. The molecule has 3 rings (SSSR count). The van der Waals surface area contributed by atoms with Gasteiger partial charge in [0.1, 0.15) is 0 Å². The number of benzene rings is 2. The van der Waals surface area contributed by atoms with E-state index in [-0.39, 0.29) is 22.7 Å². The van der Waals surface area contributed by atoms with E-state index in [4.69, 9.17) is 28.2 Å². The predicted molar refractivity (Wildman–Crippen MR) is 118 cm³/mol. The van der Waals surface area contributed by atoms with E-state index in [9.17, 15) is 9.59 Å². The van der Waals surface area contributed by atoms with E-state index in [1.807, 2.05) is 0 Å². The minimum absolute atomic E-state index is 0.156. The maximum absolute atomic E-state index is 12.0. The lowest BCUT2D eigenvalue weighted by molar-refractivity contribution is -0.115. The van der Waals surface area contributed by atoms with Crippen LogP contribution in [0.4, 0.5) is 11.4 Å². The monoisotopic (exact) mass is 425 g/mol. The minimum atomic E-state index is -0.361. The van der Waals surface area contributed by atoms with Crippen LogP contribution < -0.4 is 16.0 Å². The summed E-state index contributed by atoms with van der Waals surface area (Å²) in [6.45, 7) is 0. The van der Waals surface area contributed by atoms with Crippen molar-refractivity contribution in [1.29, 1.82) is 0 Å². The number of halogens is 1. The molecular formula is C21H16ClN3O3S.